The molecular weight excluding hydrogens is 458 g/mol. The summed E-state index contributed by atoms with van der Waals surface area (Å²) in [7, 11) is 0. The molecule has 2 aromatic heterocycles. The van der Waals surface area contributed by atoms with E-state index < -0.39 is 17.6 Å². The average Bonchev–Trinajstić information content (AvgIpc) is 3.55. The van der Waals surface area contributed by atoms with Crippen LogP contribution in [0, 0.1) is 6.92 Å². The summed E-state index contributed by atoms with van der Waals surface area (Å²) in [5.74, 6) is -0.431. The number of fused-ring (bicyclic) bond motifs is 1. The molecule has 34 heavy (non-hydrogen) atoms. The summed E-state index contributed by atoms with van der Waals surface area (Å²) < 4.78 is 7.15. The number of unbranched alkanes of at least 4 members (excludes halogenated alkanes) is 1. The number of pyridine rings is 1. The SMILES string of the molecule is Cc1cc(Cl)n(C2(C(=O)N[C@@H](CCOCCCCc3ccc4c(n3)NCCC4)C(=O)O)CC2)n1. The van der Waals surface area contributed by atoms with Gasteiger partial charge in [-0.15, -0.1) is 0 Å². The van der Waals surface area contributed by atoms with Gasteiger partial charge in [-0.05, 0) is 69.6 Å². The van der Waals surface area contributed by atoms with Crippen LogP contribution in [0.1, 0.15) is 55.5 Å². The molecule has 1 aliphatic carbocycles. The zero-order valence-electron chi connectivity index (χ0n) is 19.5. The van der Waals surface area contributed by atoms with Crippen molar-refractivity contribution in [1.82, 2.24) is 20.1 Å². The van der Waals surface area contributed by atoms with Gasteiger partial charge in [-0.3, -0.25) is 4.79 Å². The highest BCUT2D eigenvalue weighted by atomic mass is 35.5. The number of aliphatic carboxylic acids is 1. The van der Waals surface area contributed by atoms with Crippen LogP contribution in [0.15, 0.2) is 18.2 Å². The van der Waals surface area contributed by atoms with Gasteiger partial charge in [-0.1, -0.05) is 17.7 Å². The fourth-order valence-electron chi connectivity index (χ4n) is 4.29. The summed E-state index contributed by atoms with van der Waals surface area (Å²) in [6.45, 7) is 3.57. The van der Waals surface area contributed by atoms with Crippen LogP contribution in [0.4, 0.5) is 5.82 Å². The molecule has 1 atom stereocenters. The maximum atomic E-state index is 12.9. The number of aryl methyl sites for hydroxylation is 3. The Morgan fingerprint density at radius 2 is 2.15 bits per heavy atom. The number of nitrogens with one attached hydrogen (secondary N) is 2. The molecular formula is C24H32ClN5O4. The predicted molar refractivity (Wildman–Crippen MR) is 128 cm³/mol. The highest BCUT2D eigenvalue weighted by Gasteiger charge is 2.54. The Labute approximate surface area is 204 Å². The molecule has 0 spiro atoms. The minimum atomic E-state index is -1.08. The first-order valence-corrected chi connectivity index (χ1v) is 12.3. The summed E-state index contributed by atoms with van der Waals surface area (Å²) >= 11 is 6.20. The molecule has 2 aromatic rings. The van der Waals surface area contributed by atoms with Gasteiger partial charge in [0.1, 0.15) is 22.6 Å². The maximum Gasteiger partial charge on any atom is 0.326 e. The van der Waals surface area contributed by atoms with Crippen LogP contribution in [0.3, 0.4) is 0 Å². The monoisotopic (exact) mass is 489 g/mol. The first kappa shape index (κ1) is 24.5. The first-order valence-electron chi connectivity index (χ1n) is 12.0. The molecule has 2 aliphatic rings. The molecule has 3 N–H and O–H groups in total. The standard InChI is InChI=1S/C24H32ClN5O4/c1-16-15-20(25)30(29-16)24(10-11-24)23(33)28-19(22(31)32)9-14-34-13-3-2-6-18-8-7-17-5-4-12-26-21(17)27-18/h7-8,15,19H,2-6,9-14H2,1H3,(H,26,27)(H,28,33)(H,31,32)/t19-/m0/s1. The molecule has 1 fully saturated rings. The lowest BCUT2D eigenvalue weighted by Crippen LogP contribution is -2.48. The Balaban J connectivity index is 1.16. The molecule has 0 aromatic carbocycles. The van der Waals surface area contributed by atoms with E-state index in [-0.39, 0.29) is 18.9 Å². The molecule has 1 amide bonds. The number of carbonyl (C=O) groups excluding carboxylic acids is 1. The average molecular weight is 490 g/mol. The van der Waals surface area contributed by atoms with Crippen molar-refractivity contribution < 1.29 is 19.4 Å². The smallest absolute Gasteiger partial charge is 0.326 e. The predicted octanol–water partition coefficient (Wildman–Crippen LogP) is 3.09. The summed E-state index contributed by atoms with van der Waals surface area (Å²) in [6.07, 6.45) is 6.27. The van der Waals surface area contributed by atoms with Gasteiger partial charge in [-0.25, -0.2) is 14.5 Å². The summed E-state index contributed by atoms with van der Waals surface area (Å²) in [4.78, 5) is 29.2. The third-order valence-electron chi connectivity index (χ3n) is 6.42. The Morgan fingerprint density at radius 1 is 1.32 bits per heavy atom. The van der Waals surface area contributed by atoms with Gasteiger partial charge in [0.25, 0.3) is 0 Å². The second kappa shape index (κ2) is 10.7. The van der Waals surface area contributed by atoms with Gasteiger partial charge in [0.15, 0.2) is 0 Å². The normalized spacial score (nSPS) is 16.9. The van der Waals surface area contributed by atoms with Crippen LogP contribution in [0.25, 0.3) is 0 Å². The molecule has 0 radical (unpaired) electrons. The number of carboxylic acids is 1. The molecule has 10 heteroatoms. The zero-order chi connectivity index (χ0) is 24.1. The van der Waals surface area contributed by atoms with Crippen molar-refractivity contribution in [1.29, 1.82) is 0 Å². The lowest BCUT2D eigenvalue weighted by atomic mass is 10.1. The van der Waals surface area contributed by atoms with Crippen LogP contribution in [0.5, 0.6) is 0 Å². The third kappa shape index (κ3) is 5.70. The number of aromatic nitrogens is 3. The van der Waals surface area contributed by atoms with E-state index in [0.29, 0.717) is 30.3 Å². The van der Waals surface area contributed by atoms with Crippen molar-refractivity contribution in [2.45, 2.75) is 69.9 Å². The van der Waals surface area contributed by atoms with E-state index in [2.05, 4.69) is 27.9 Å². The van der Waals surface area contributed by atoms with E-state index in [1.807, 2.05) is 0 Å². The fourth-order valence-corrected chi connectivity index (χ4v) is 4.65. The molecule has 0 unspecified atom stereocenters. The topological polar surface area (TPSA) is 118 Å². The number of halogens is 1. The van der Waals surface area contributed by atoms with Crippen molar-refractivity contribution >= 4 is 29.3 Å². The number of hydrogen-bond acceptors (Lipinski definition) is 6. The van der Waals surface area contributed by atoms with Gasteiger partial charge in [0.05, 0.1) is 5.69 Å². The molecule has 9 nitrogen and oxygen atoms in total. The number of carbonyl (C=O) groups is 2. The molecule has 0 saturated heterocycles. The fraction of sp³-hybridized carbons (Fsp3) is 0.583. The highest BCUT2D eigenvalue weighted by Crippen LogP contribution is 2.45. The summed E-state index contributed by atoms with van der Waals surface area (Å²) in [5.41, 5.74) is 2.18. The molecule has 1 saturated carbocycles. The Morgan fingerprint density at radius 3 is 2.85 bits per heavy atom. The second-order valence-corrected chi connectivity index (χ2v) is 9.50. The van der Waals surface area contributed by atoms with Gasteiger partial charge >= 0.3 is 5.97 Å². The van der Waals surface area contributed by atoms with Crippen LogP contribution < -0.4 is 10.6 Å². The molecule has 184 valence electrons. The number of anilines is 1. The maximum absolute atomic E-state index is 12.9. The number of hydrogen-bond donors (Lipinski definition) is 3. The van der Waals surface area contributed by atoms with Crippen LogP contribution >= 0.6 is 11.6 Å². The molecule has 0 bridgehead atoms. The number of amides is 1. The second-order valence-electron chi connectivity index (χ2n) is 9.11. The van der Waals surface area contributed by atoms with Crippen LogP contribution in [0.2, 0.25) is 5.15 Å². The van der Waals surface area contributed by atoms with Crippen LogP contribution in [-0.4, -0.2) is 57.5 Å². The summed E-state index contributed by atoms with van der Waals surface area (Å²) in [5, 5.41) is 20.2. The zero-order valence-corrected chi connectivity index (χ0v) is 20.2. The largest absolute Gasteiger partial charge is 0.480 e. The van der Waals surface area contributed by atoms with Crippen LogP contribution in [-0.2, 0) is 32.7 Å². The number of nitrogens with zero attached hydrogens (tertiary/aromatic N) is 3. The van der Waals surface area contributed by atoms with E-state index in [9.17, 15) is 14.7 Å². The van der Waals surface area contributed by atoms with Crippen molar-refractivity contribution in [2.24, 2.45) is 0 Å². The van der Waals surface area contributed by atoms with E-state index >= 15 is 0 Å². The van der Waals surface area contributed by atoms with Gasteiger partial charge in [-0.2, -0.15) is 5.10 Å². The van der Waals surface area contributed by atoms with E-state index in [4.69, 9.17) is 21.3 Å². The van der Waals surface area contributed by atoms with Crippen molar-refractivity contribution in [3.63, 3.8) is 0 Å². The minimum absolute atomic E-state index is 0.196. The summed E-state index contributed by atoms with van der Waals surface area (Å²) in [6, 6.07) is 4.92. The molecule has 3 heterocycles. The van der Waals surface area contributed by atoms with Crippen molar-refractivity contribution in [2.75, 3.05) is 25.1 Å². The number of rotatable bonds is 12. The molecule has 1 aliphatic heterocycles. The quantitative estimate of drug-likeness (QED) is 0.392. The Hall–Kier alpha value is -2.65. The van der Waals surface area contributed by atoms with Gasteiger partial charge < -0.3 is 20.5 Å². The molecule has 4 rings (SSSR count). The van der Waals surface area contributed by atoms with E-state index in [1.165, 1.54) is 10.2 Å². The highest BCUT2D eigenvalue weighted by molar-refractivity contribution is 6.29. The van der Waals surface area contributed by atoms with Crippen molar-refractivity contribution in [3.8, 4) is 0 Å². The lowest BCUT2D eigenvalue weighted by molar-refractivity contribution is -0.143. The Bertz CT molecular complexity index is 1040. The number of ether oxygens (including phenoxy) is 1. The Kier molecular flexibility index (Phi) is 7.73. The number of carboxylic acid groups (broad SMARTS) is 1. The minimum Gasteiger partial charge on any atom is -0.480 e. The first-order chi connectivity index (χ1) is 16.4. The van der Waals surface area contributed by atoms with E-state index in [1.54, 1.807) is 13.0 Å². The van der Waals surface area contributed by atoms with Crippen molar-refractivity contribution in [3.05, 3.63) is 40.3 Å². The van der Waals surface area contributed by atoms with E-state index in [0.717, 1.165) is 50.2 Å². The third-order valence-corrected chi connectivity index (χ3v) is 6.69. The van der Waals surface area contributed by atoms with Gasteiger partial charge in [0, 0.05) is 31.9 Å². The lowest BCUT2D eigenvalue weighted by Gasteiger charge is -2.21. The van der Waals surface area contributed by atoms with Gasteiger partial charge in [0.2, 0.25) is 5.91 Å².